The Bertz CT molecular complexity index is 271. The van der Waals surface area contributed by atoms with Crippen molar-refractivity contribution in [2.45, 2.75) is 12.0 Å². The summed E-state index contributed by atoms with van der Waals surface area (Å²) in [6.45, 7) is 0. The van der Waals surface area contributed by atoms with Crippen LogP contribution in [0.4, 0.5) is 8.78 Å². The molecule has 12 heavy (non-hydrogen) atoms. The fraction of sp³-hybridized carbons (Fsp3) is 0.286. The summed E-state index contributed by atoms with van der Waals surface area (Å²) in [4.78, 5) is 10.3. The monoisotopic (exact) mass is 175 g/mol. The highest BCUT2D eigenvalue weighted by Gasteiger charge is 2.34. The average Bonchev–Trinajstić information content (AvgIpc) is 1.94. The number of aliphatic carboxylic acids is 1. The van der Waals surface area contributed by atoms with Crippen molar-refractivity contribution in [3.8, 4) is 0 Å². The Balaban J connectivity index is 2.91. The molecule has 2 atom stereocenters. The second-order valence-electron chi connectivity index (χ2n) is 2.49. The predicted octanol–water partition coefficient (Wildman–Crippen LogP) is 0.530. The van der Waals surface area contributed by atoms with Crippen LogP contribution in [0.5, 0.6) is 0 Å². The van der Waals surface area contributed by atoms with Gasteiger partial charge in [0, 0.05) is 0 Å². The van der Waals surface area contributed by atoms with Crippen molar-refractivity contribution in [2.24, 2.45) is 5.73 Å². The Hall–Kier alpha value is -1.23. The lowest BCUT2D eigenvalue weighted by Gasteiger charge is -2.21. The van der Waals surface area contributed by atoms with Gasteiger partial charge in [0.2, 0.25) is 5.79 Å². The third kappa shape index (κ3) is 1.50. The van der Waals surface area contributed by atoms with Crippen LogP contribution in [-0.4, -0.2) is 23.0 Å². The molecule has 0 saturated heterocycles. The molecule has 1 rings (SSSR count). The van der Waals surface area contributed by atoms with Crippen molar-refractivity contribution < 1.29 is 18.7 Å². The predicted molar refractivity (Wildman–Crippen MR) is 37.8 cm³/mol. The molecule has 0 aromatic rings. The Kier molecular flexibility index (Phi) is 1.97. The van der Waals surface area contributed by atoms with Gasteiger partial charge in [0.15, 0.2) is 6.17 Å². The van der Waals surface area contributed by atoms with Gasteiger partial charge in [-0.05, 0) is 18.2 Å². The molecule has 0 heterocycles. The molecule has 0 amide bonds. The van der Waals surface area contributed by atoms with Crippen LogP contribution in [0.25, 0.3) is 0 Å². The van der Waals surface area contributed by atoms with E-state index in [2.05, 4.69) is 0 Å². The third-order valence-corrected chi connectivity index (χ3v) is 1.51. The van der Waals surface area contributed by atoms with Gasteiger partial charge in [0.1, 0.15) is 0 Å². The zero-order valence-electron chi connectivity index (χ0n) is 6.00. The molecule has 3 N–H and O–H groups in total. The minimum Gasteiger partial charge on any atom is -0.478 e. The first kappa shape index (κ1) is 8.86. The molecule has 5 heteroatoms. The molecule has 3 nitrogen and oxygen atoms in total. The second-order valence-corrected chi connectivity index (χ2v) is 2.49. The maximum Gasteiger partial charge on any atom is 0.335 e. The number of carboxylic acids is 1. The van der Waals surface area contributed by atoms with Gasteiger partial charge in [-0.3, -0.25) is 5.73 Å². The average molecular weight is 175 g/mol. The van der Waals surface area contributed by atoms with Crippen molar-refractivity contribution >= 4 is 5.97 Å². The fourth-order valence-corrected chi connectivity index (χ4v) is 0.793. The van der Waals surface area contributed by atoms with Crippen LogP contribution < -0.4 is 5.73 Å². The molecule has 1 aliphatic rings. The van der Waals surface area contributed by atoms with Crippen LogP contribution in [0.3, 0.4) is 0 Å². The SMILES string of the molecule is NC1(F)C=CC(C(=O)O)=CC1F. The summed E-state index contributed by atoms with van der Waals surface area (Å²) in [6.07, 6.45) is 0.176. The normalized spacial score (nSPS) is 34.6. The molecule has 1 aliphatic carbocycles. The minimum absolute atomic E-state index is 0.291. The molecule has 0 radical (unpaired) electrons. The summed E-state index contributed by atoms with van der Waals surface area (Å²) in [5.41, 5.74) is 4.53. The summed E-state index contributed by atoms with van der Waals surface area (Å²) in [6, 6.07) is 0. The third-order valence-electron chi connectivity index (χ3n) is 1.51. The first-order valence-corrected chi connectivity index (χ1v) is 3.19. The van der Waals surface area contributed by atoms with Crippen LogP contribution in [0.2, 0.25) is 0 Å². The number of carboxylic acid groups (broad SMARTS) is 1. The van der Waals surface area contributed by atoms with Gasteiger partial charge in [-0.2, -0.15) is 0 Å². The molecule has 0 aromatic heterocycles. The quantitative estimate of drug-likeness (QED) is 0.571. The van der Waals surface area contributed by atoms with Gasteiger partial charge < -0.3 is 5.11 Å². The van der Waals surface area contributed by atoms with Crippen LogP contribution in [0, 0.1) is 0 Å². The molecule has 2 unspecified atom stereocenters. The van der Waals surface area contributed by atoms with Gasteiger partial charge in [0.25, 0.3) is 0 Å². The number of carbonyl (C=O) groups is 1. The van der Waals surface area contributed by atoms with Crippen molar-refractivity contribution in [3.05, 3.63) is 23.8 Å². The van der Waals surface area contributed by atoms with Crippen molar-refractivity contribution in [1.82, 2.24) is 0 Å². The number of halogens is 2. The number of nitrogens with two attached hydrogens (primary N) is 1. The van der Waals surface area contributed by atoms with Gasteiger partial charge in [0.05, 0.1) is 5.57 Å². The van der Waals surface area contributed by atoms with E-state index in [4.69, 9.17) is 10.8 Å². The molecular weight excluding hydrogens is 168 g/mol. The summed E-state index contributed by atoms with van der Waals surface area (Å²) >= 11 is 0. The van der Waals surface area contributed by atoms with Crippen molar-refractivity contribution in [2.75, 3.05) is 0 Å². The highest BCUT2D eigenvalue weighted by Crippen LogP contribution is 2.23. The molecule has 0 saturated carbocycles. The second kappa shape index (κ2) is 2.67. The smallest absolute Gasteiger partial charge is 0.335 e. The van der Waals surface area contributed by atoms with E-state index in [9.17, 15) is 13.6 Å². The van der Waals surface area contributed by atoms with Gasteiger partial charge in [-0.1, -0.05) is 0 Å². The molecule has 0 aliphatic heterocycles. The summed E-state index contributed by atoms with van der Waals surface area (Å²) in [5, 5.41) is 8.38. The lowest BCUT2D eigenvalue weighted by molar-refractivity contribution is -0.132. The van der Waals surface area contributed by atoms with Crippen LogP contribution in [-0.2, 0) is 4.79 Å². The molecule has 0 spiro atoms. The van der Waals surface area contributed by atoms with E-state index < -0.39 is 17.9 Å². The van der Waals surface area contributed by atoms with E-state index in [1.165, 1.54) is 0 Å². The molecule has 0 fully saturated rings. The van der Waals surface area contributed by atoms with Crippen molar-refractivity contribution in [1.29, 1.82) is 0 Å². The first-order chi connectivity index (χ1) is 5.43. The topological polar surface area (TPSA) is 63.3 Å². The number of rotatable bonds is 1. The minimum atomic E-state index is -2.58. The number of hydrogen-bond donors (Lipinski definition) is 2. The summed E-state index contributed by atoms with van der Waals surface area (Å²) in [5.74, 6) is -3.89. The lowest BCUT2D eigenvalue weighted by Crippen LogP contribution is -2.43. The summed E-state index contributed by atoms with van der Waals surface area (Å²) < 4.78 is 25.5. The zero-order chi connectivity index (χ0) is 9.35. The van der Waals surface area contributed by atoms with Gasteiger partial charge in [-0.15, -0.1) is 0 Å². The maximum absolute atomic E-state index is 12.8. The van der Waals surface area contributed by atoms with Gasteiger partial charge >= 0.3 is 5.97 Å². The van der Waals surface area contributed by atoms with Crippen LogP contribution in [0.15, 0.2) is 23.8 Å². The maximum atomic E-state index is 12.8. The zero-order valence-corrected chi connectivity index (χ0v) is 6.00. The number of alkyl halides is 2. The Morgan fingerprint density at radius 1 is 1.75 bits per heavy atom. The largest absolute Gasteiger partial charge is 0.478 e. The van der Waals surface area contributed by atoms with Gasteiger partial charge in [-0.25, -0.2) is 13.6 Å². The lowest BCUT2D eigenvalue weighted by atomic mass is 10.00. The molecular formula is C7H7F2NO2. The molecule has 66 valence electrons. The standard InChI is InChI=1S/C7H7F2NO2/c8-5-3-4(6(11)12)1-2-7(5,9)10/h1-3,5H,10H2,(H,11,12). The number of hydrogen-bond acceptors (Lipinski definition) is 2. The Morgan fingerprint density at radius 3 is 2.75 bits per heavy atom. The first-order valence-electron chi connectivity index (χ1n) is 3.19. The highest BCUT2D eigenvalue weighted by molar-refractivity contribution is 5.90. The van der Waals surface area contributed by atoms with Crippen molar-refractivity contribution in [3.63, 3.8) is 0 Å². The van der Waals surface area contributed by atoms with E-state index in [1.54, 1.807) is 0 Å². The van der Waals surface area contributed by atoms with E-state index >= 15 is 0 Å². The summed E-state index contributed by atoms with van der Waals surface area (Å²) in [7, 11) is 0. The van der Waals surface area contributed by atoms with E-state index in [0.717, 1.165) is 6.08 Å². The molecule has 0 bridgehead atoms. The van der Waals surface area contributed by atoms with E-state index in [1.807, 2.05) is 0 Å². The van der Waals surface area contributed by atoms with Crippen LogP contribution in [0.1, 0.15) is 0 Å². The van der Waals surface area contributed by atoms with E-state index in [-0.39, 0.29) is 5.57 Å². The fourth-order valence-electron chi connectivity index (χ4n) is 0.793. The van der Waals surface area contributed by atoms with E-state index in [0.29, 0.717) is 12.2 Å². The molecule has 0 aromatic carbocycles. The Labute approximate surface area is 67.2 Å². The van der Waals surface area contributed by atoms with Crippen LogP contribution >= 0.6 is 0 Å². The highest BCUT2D eigenvalue weighted by atomic mass is 19.2. The Morgan fingerprint density at radius 2 is 2.33 bits per heavy atom.